The van der Waals surface area contributed by atoms with E-state index in [-0.39, 0.29) is 36.4 Å². The van der Waals surface area contributed by atoms with Crippen LogP contribution in [0.5, 0.6) is 5.75 Å². The SMILES string of the molecule is CN=C(NCC(=O)Nc1cccnc1)NCc1cccc(OC)c1.I. The standard InChI is InChI=1S/C17H21N5O2.HI/c1-18-17(20-10-13-5-3-7-15(9-13)24-2)21-12-16(23)22-14-6-4-8-19-11-14;/h3-9,11H,10,12H2,1-2H3,(H,22,23)(H2,18,20,21);1H. The summed E-state index contributed by atoms with van der Waals surface area (Å²) in [6.07, 6.45) is 3.24. The van der Waals surface area contributed by atoms with Gasteiger partial charge in [0.1, 0.15) is 5.75 Å². The van der Waals surface area contributed by atoms with E-state index in [2.05, 4.69) is 25.9 Å². The first-order valence-electron chi connectivity index (χ1n) is 7.48. The van der Waals surface area contributed by atoms with Crippen LogP contribution in [0.25, 0.3) is 0 Å². The molecule has 3 N–H and O–H groups in total. The van der Waals surface area contributed by atoms with Crippen molar-refractivity contribution in [2.24, 2.45) is 4.99 Å². The average Bonchev–Trinajstić information content (AvgIpc) is 2.63. The van der Waals surface area contributed by atoms with Gasteiger partial charge < -0.3 is 20.7 Å². The lowest BCUT2D eigenvalue weighted by atomic mass is 10.2. The lowest BCUT2D eigenvalue weighted by molar-refractivity contribution is -0.115. The second kappa shape index (κ2) is 11.2. The van der Waals surface area contributed by atoms with Crippen LogP contribution in [-0.4, -0.2) is 37.6 Å². The molecule has 0 fully saturated rings. The summed E-state index contributed by atoms with van der Waals surface area (Å²) >= 11 is 0. The third-order valence-electron chi connectivity index (χ3n) is 3.18. The van der Waals surface area contributed by atoms with Crippen LogP contribution < -0.4 is 20.7 Å². The minimum atomic E-state index is -0.174. The molecular weight excluding hydrogens is 433 g/mol. The summed E-state index contributed by atoms with van der Waals surface area (Å²) in [4.78, 5) is 19.9. The molecular formula is C17H22IN5O2. The van der Waals surface area contributed by atoms with Crippen LogP contribution in [0.2, 0.25) is 0 Å². The Hall–Kier alpha value is -2.36. The number of guanidine groups is 1. The van der Waals surface area contributed by atoms with Crippen molar-refractivity contribution in [1.29, 1.82) is 0 Å². The Labute approximate surface area is 164 Å². The van der Waals surface area contributed by atoms with Crippen molar-refractivity contribution in [1.82, 2.24) is 15.6 Å². The highest BCUT2D eigenvalue weighted by atomic mass is 127. The van der Waals surface area contributed by atoms with Gasteiger partial charge in [0.2, 0.25) is 5.91 Å². The molecule has 0 saturated heterocycles. The Balaban J connectivity index is 0.00000312. The summed E-state index contributed by atoms with van der Waals surface area (Å²) in [6.45, 7) is 0.674. The third-order valence-corrected chi connectivity index (χ3v) is 3.18. The molecule has 1 aromatic heterocycles. The minimum Gasteiger partial charge on any atom is -0.497 e. The zero-order valence-corrected chi connectivity index (χ0v) is 16.5. The maximum absolute atomic E-state index is 11.9. The number of pyridine rings is 1. The summed E-state index contributed by atoms with van der Waals surface area (Å²) in [7, 11) is 3.29. The van der Waals surface area contributed by atoms with E-state index in [0.29, 0.717) is 18.2 Å². The van der Waals surface area contributed by atoms with Crippen LogP contribution in [0, 0.1) is 0 Å². The molecule has 1 heterocycles. The number of benzene rings is 1. The molecule has 7 nitrogen and oxygen atoms in total. The number of anilines is 1. The molecule has 0 aliphatic rings. The lowest BCUT2D eigenvalue weighted by Gasteiger charge is -2.12. The molecule has 8 heteroatoms. The van der Waals surface area contributed by atoms with Gasteiger partial charge in [0.25, 0.3) is 0 Å². The highest BCUT2D eigenvalue weighted by Gasteiger charge is 2.04. The van der Waals surface area contributed by atoms with E-state index in [4.69, 9.17) is 4.74 Å². The van der Waals surface area contributed by atoms with E-state index in [1.807, 2.05) is 24.3 Å². The number of hydrogen-bond acceptors (Lipinski definition) is 4. The first-order chi connectivity index (χ1) is 11.7. The van der Waals surface area contributed by atoms with E-state index in [0.717, 1.165) is 11.3 Å². The molecule has 0 spiro atoms. The number of ether oxygens (including phenoxy) is 1. The smallest absolute Gasteiger partial charge is 0.243 e. The van der Waals surface area contributed by atoms with Crippen molar-refractivity contribution in [2.45, 2.75) is 6.54 Å². The van der Waals surface area contributed by atoms with Gasteiger partial charge in [0, 0.05) is 19.8 Å². The summed E-state index contributed by atoms with van der Waals surface area (Å²) in [5.74, 6) is 1.17. The van der Waals surface area contributed by atoms with Crippen molar-refractivity contribution in [2.75, 3.05) is 26.0 Å². The number of nitrogens with one attached hydrogen (secondary N) is 3. The normalized spacial score (nSPS) is 10.4. The number of aliphatic imine (C=N–C) groups is 1. The maximum atomic E-state index is 11.9. The van der Waals surface area contributed by atoms with Crippen LogP contribution in [0.4, 0.5) is 5.69 Å². The van der Waals surface area contributed by atoms with E-state index < -0.39 is 0 Å². The molecule has 2 aromatic rings. The van der Waals surface area contributed by atoms with Gasteiger partial charge in [-0.25, -0.2) is 0 Å². The predicted octanol–water partition coefficient (Wildman–Crippen LogP) is 2.01. The number of amides is 1. The number of carbonyl (C=O) groups is 1. The molecule has 25 heavy (non-hydrogen) atoms. The fraction of sp³-hybridized carbons (Fsp3) is 0.235. The van der Waals surface area contributed by atoms with Crippen LogP contribution in [0.3, 0.4) is 0 Å². The lowest BCUT2D eigenvalue weighted by Crippen LogP contribution is -2.41. The van der Waals surface area contributed by atoms with Crippen LogP contribution in [0.1, 0.15) is 5.56 Å². The Bertz CT molecular complexity index is 694. The second-order valence-electron chi connectivity index (χ2n) is 4.92. The van der Waals surface area contributed by atoms with E-state index in [1.165, 1.54) is 0 Å². The number of carbonyl (C=O) groups excluding carboxylic acids is 1. The van der Waals surface area contributed by atoms with E-state index in [9.17, 15) is 4.79 Å². The molecule has 1 aromatic carbocycles. The van der Waals surface area contributed by atoms with Gasteiger partial charge in [0.05, 0.1) is 25.5 Å². The van der Waals surface area contributed by atoms with Gasteiger partial charge in [-0.15, -0.1) is 24.0 Å². The van der Waals surface area contributed by atoms with Gasteiger partial charge in [-0.05, 0) is 29.8 Å². The fourth-order valence-corrected chi connectivity index (χ4v) is 1.99. The highest BCUT2D eigenvalue weighted by molar-refractivity contribution is 14.0. The van der Waals surface area contributed by atoms with Crippen molar-refractivity contribution < 1.29 is 9.53 Å². The zero-order chi connectivity index (χ0) is 17.2. The summed E-state index contributed by atoms with van der Waals surface area (Å²) in [5.41, 5.74) is 1.71. The number of halogens is 1. The Morgan fingerprint density at radius 2 is 2.08 bits per heavy atom. The monoisotopic (exact) mass is 455 g/mol. The van der Waals surface area contributed by atoms with E-state index in [1.54, 1.807) is 38.7 Å². The van der Waals surface area contributed by atoms with Crippen LogP contribution in [0.15, 0.2) is 53.8 Å². The van der Waals surface area contributed by atoms with Crippen LogP contribution in [-0.2, 0) is 11.3 Å². The average molecular weight is 455 g/mol. The first-order valence-corrected chi connectivity index (χ1v) is 7.48. The molecule has 0 radical (unpaired) electrons. The molecule has 0 bridgehead atoms. The van der Waals surface area contributed by atoms with Crippen molar-refractivity contribution in [3.05, 3.63) is 54.4 Å². The fourth-order valence-electron chi connectivity index (χ4n) is 1.99. The Kier molecular flexibility index (Phi) is 9.30. The zero-order valence-electron chi connectivity index (χ0n) is 14.2. The Morgan fingerprint density at radius 3 is 2.76 bits per heavy atom. The molecule has 0 aliphatic carbocycles. The number of nitrogens with zero attached hydrogens (tertiary/aromatic N) is 2. The molecule has 134 valence electrons. The third kappa shape index (κ3) is 7.38. The van der Waals surface area contributed by atoms with Crippen molar-refractivity contribution in [3.63, 3.8) is 0 Å². The minimum absolute atomic E-state index is 0. The summed E-state index contributed by atoms with van der Waals surface area (Å²) < 4.78 is 5.19. The molecule has 0 saturated carbocycles. The van der Waals surface area contributed by atoms with Gasteiger partial charge in [-0.1, -0.05) is 12.1 Å². The second-order valence-corrected chi connectivity index (χ2v) is 4.92. The van der Waals surface area contributed by atoms with Gasteiger partial charge in [0.15, 0.2) is 5.96 Å². The predicted molar refractivity (Wildman–Crippen MR) is 109 cm³/mol. The summed E-state index contributed by atoms with van der Waals surface area (Å²) in [5, 5.41) is 8.86. The quantitative estimate of drug-likeness (QED) is 0.353. The van der Waals surface area contributed by atoms with Gasteiger partial charge >= 0.3 is 0 Å². The number of rotatable bonds is 6. The topological polar surface area (TPSA) is 87.6 Å². The molecule has 0 unspecified atom stereocenters. The number of aromatic nitrogens is 1. The first kappa shape index (κ1) is 20.7. The van der Waals surface area contributed by atoms with Gasteiger partial charge in [-0.3, -0.25) is 14.8 Å². The van der Waals surface area contributed by atoms with E-state index >= 15 is 0 Å². The molecule has 0 atom stereocenters. The van der Waals surface area contributed by atoms with Gasteiger partial charge in [-0.2, -0.15) is 0 Å². The summed E-state index contributed by atoms with van der Waals surface area (Å²) in [6, 6.07) is 11.3. The number of hydrogen-bond donors (Lipinski definition) is 3. The maximum Gasteiger partial charge on any atom is 0.243 e. The van der Waals surface area contributed by atoms with Crippen molar-refractivity contribution in [3.8, 4) is 5.75 Å². The Morgan fingerprint density at radius 1 is 1.24 bits per heavy atom. The highest BCUT2D eigenvalue weighted by Crippen LogP contribution is 2.12. The molecule has 1 amide bonds. The van der Waals surface area contributed by atoms with Crippen LogP contribution >= 0.6 is 24.0 Å². The molecule has 0 aliphatic heterocycles. The van der Waals surface area contributed by atoms with Crippen molar-refractivity contribution >= 4 is 41.5 Å². The largest absolute Gasteiger partial charge is 0.497 e. The number of methoxy groups -OCH3 is 1. The molecule has 2 rings (SSSR count).